The predicted molar refractivity (Wildman–Crippen MR) is 123 cm³/mol. The van der Waals surface area contributed by atoms with Gasteiger partial charge >= 0.3 is 0 Å². The van der Waals surface area contributed by atoms with Crippen LogP contribution in [0.25, 0.3) is 33.2 Å². The van der Waals surface area contributed by atoms with Gasteiger partial charge in [0.25, 0.3) is 0 Å². The Hall–Kier alpha value is -4.12. The summed E-state index contributed by atoms with van der Waals surface area (Å²) < 4.78 is 25.5. The minimum atomic E-state index is -0.358. The summed E-state index contributed by atoms with van der Waals surface area (Å²) >= 11 is 0. The third-order valence-electron chi connectivity index (χ3n) is 5.16. The molecular formula is C24H22FN5O2. The number of H-pyrrole nitrogens is 1. The Morgan fingerprint density at radius 1 is 1.25 bits per heavy atom. The standard InChI is InChI=1S/C24H22FN5O2/c1-5-9-30(3)18-13-16(25)12-17-21-22(27-14(2)28-24(21)29-23(17)18)15-6-7-19(31-4)20(11-15)32-10-8-26/h5-7,11-13H,1,9-10H2,2-4H3,(H,27,28,29). The quantitative estimate of drug-likeness (QED) is 0.425. The highest BCUT2D eigenvalue weighted by Gasteiger charge is 2.19. The van der Waals surface area contributed by atoms with Gasteiger partial charge in [-0.15, -0.1) is 6.58 Å². The molecule has 162 valence electrons. The summed E-state index contributed by atoms with van der Waals surface area (Å²) in [6.45, 7) is 6.02. The van der Waals surface area contributed by atoms with Crippen LogP contribution in [0.2, 0.25) is 0 Å². The molecule has 0 radical (unpaired) electrons. The van der Waals surface area contributed by atoms with Crippen molar-refractivity contribution in [3.63, 3.8) is 0 Å². The second-order valence-electron chi connectivity index (χ2n) is 7.30. The van der Waals surface area contributed by atoms with Crippen LogP contribution in [0.5, 0.6) is 11.5 Å². The molecule has 4 rings (SSSR count). The van der Waals surface area contributed by atoms with Crippen molar-refractivity contribution in [2.75, 3.05) is 32.2 Å². The molecule has 0 unspecified atom stereocenters. The van der Waals surface area contributed by atoms with Crippen LogP contribution < -0.4 is 14.4 Å². The van der Waals surface area contributed by atoms with Gasteiger partial charge in [-0.05, 0) is 37.3 Å². The zero-order valence-corrected chi connectivity index (χ0v) is 18.1. The van der Waals surface area contributed by atoms with Gasteiger partial charge in [0.1, 0.15) is 23.4 Å². The molecule has 0 aliphatic carbocycles. The average molecular weight is 431 g/mol. The van der Waals surface area contributed by atoms with E-state index in [1.165, 1.54) is 19.2 Å². The average Bonchev–Trinajstić information content (AvgIpc) is 3.14. The Morgan fingerprint density at radius 3 is 2.78 bits per heavy atom. The Balaban J connectivity index is 2.01. The maximum Gasteiger partial charge on any atom is 0.174 e. The van der Waals surface area contributed by atoms with E-state index in [4.69, 9.17) is 14.7 Å². The number of halogens is 1. The van der Waals surface area contributed by atoms with Crippen molar-refractivity contribution in [3.05, 3.63) is 54.6 Å². The first-order valence-electron chi connectivity index (χ1n) is 9.96. The summed E-state index contributed by atoms with van der Waals surface area (Å²) in [6, 6.07) is 10.3. The summed E-state index contributed by atoms with van der Waals surface area (Å²) in [5.74, 6) is 1.14. The number of hydrogen-bond acceptors (Lipinski definition) is 6. The Morgan fingerprint density at radius 2 is 2.06 bits per heavy atom. The Labute approximate surface area is 184 Å². The Bertz CT molecular complexity index is 1370. The number of ether oxygens (including phenoxy) is 2. The number of aryl methyl sites for hydroxylation is 1. The van der Waals surface area contributed by atoms with E-state index in [0.29, 0.717) is 51.7 Å². The molecule has 0 aliphatic rings. The fourth-order valence-corrected chi connectivity index (χ4v) is 3.81. The molecule has 0 bridgehead atoms. The lowest BCUT2D eigenvalue weighted by molar-refractivity contribution is 0.330. The molecule has 2 aromatic carbocycles. The van der Waals surface area contributed by atoms with Gasteiger partial charge in [-0.2, -0.15) is 5.26 Å². The first-order valence-corrected chi connectivity index (χ1v) is 9.96. The second-order valence-corrected chi connectivity index (χ2v) is 7.30. The first-order chi connectivity index (χ1) is 15.5. The molecule has 32 heavy (non-hydrogen) atoms. The largest absolute Gasteiger partial charge is 0.493 e. The second kappa shape index (κ2) is 8.55. The molecule has 0 aliphatic heterocycles. The Kier molecular flexibility index (Phi) is 5.65. The molecule has 1 N–H and O–H groups in total. The minimum Gasteiger partial charge on any atom is -0.493 e. The van der Waals surface area contributed by atoms with Crippen LogP contribution in [0.4, 0.5) is 10.1 Å². The van der Waals surface area contributed by atoms with E-state index >= 15 is 0 Å². The summed E-state index contributed by atoms with van der Waals surface area (Å²) in [6.07, 6.45) is 1.76. The maximum atomic E-state index is 14.6. The molecule has 2 heterocycles. The van der Waals surface area contributed by atoms with E-state index in [9.17, 15) is 4.39 Å². The number of fused-ring (bicyclic) bond motifs is 3. The van der Waals surface area contributed by atoms with Gasteiger partial charge in [-0.3, -0.25) is 0 Å². The van der Waals surface area contributed by atoms with Crippen LogP contribution in [-0.2, 0) is 0 Å². The normalized spacial score (nSPS) is 10.8. The summed E-state index contributed by atoms with van der Waals surface area (Å²) in [5, 5.41) is 10.3. The summed E-state index contributed by atoms with van der Waals surface area (Å²) in [4.78, 5) is 14.5. The molecule has 0 saturated heterocycles. The lowest BCUT2D eigenvalue weighted by Gasteiger charge is -2.18. The zero-order chi connectivity index (χ0) is 22.8. The van der Waals surface area contributed by atoms with Crippen molar-refractivity contribution in [2.45, 2.75) is 6.92 Å². The van der Waals surface area contributed by atoms with E-state index in [0.717, 1.165) is 11.1 Å². The zero-order valence-electron chi connectivity index (χ0n) is 18.1. The van der Waals surface area contributed by atoms with Crippen LogP contribution in [0.15, 0.2) is 43.0 Å². The number of likely N-dealkylation sites (N-methyl/N-ethyl adjacent to an activating group) is 1. The van der Waals surface area contributed by atoms with Crippen LogP contribution in [-0.4, -0.2) is 42.3 Å². The van der Waals surface area contributed by atoms with Gasteiger partial charge in [0.2, 0.25) is 0 Å². The van der Waals surface area contributed by atoms with Crippen molar-refractivity contribution in [1.29, 1.82) is 5.26 Å². The lowest BCUT2D eigenvalue weighted by atomic mass is 10.0. The predicted octanol–water partition coefficient (Wildman–Crippen LogP) is 4.76. The van der Waals surface area contributed by atoms with Crippen LogP contribution in [0, 0.1) is 24.1 Å². The molecule has 8 heteroatoms. The van der Waals surface area contributed by atoms with E-state index in [2.05, 4.69) is 21.5 Å². The SMILES string of the molecule is C=CCN(C)c1cc(F)cc2c1[nH]c1nc(C)nc(-c3ccc(OC)c(OCC#N)c3)c12. The van der Waals surface area contributed by atoms with Gasteiger partial charge in [-0.25, -0.2) is 14.4 Å². The smallest absolute Gasteiger partial charge is 0.174 e. The molecule has 0 atom stereocenters. The third-order valence-corrected chi connectivity index (χ3v) is 5.16. The monoisotopic (exact) mass is 431 g/mol. The third kappa shape index (κ3) is 3.69. The number of rotatable bonds is 7. The number of methoxy groups -OCH3 is 1. The molecule has 7 nitrogen and oxygen atoms in total. The molecule has 0 amide bonds. The highest BCUT2D eigenvalue weighted by Crippen LogP contribution is 2.39. The van der Waals surface area contributed by atoms with Crippen LogP contribution in [0.3, 0.4) is 0 Å². The van der Waals surface area contributed by atoms with Crippen LogP contribution in [0.1, 0.15) is 5.82 Å². The number of anilines is 1. The molecule has 0 saturated carbocycles. The van der Waals surface area contributed by atoms with Crippen molar-refractivity contribution in [2.24, 2.45) is 0 Å². The first kappa shape index (κ1) is 21.1. The molecule has 2 aromatic heterocycles. The number of nitriles is 1. The van der Waals surface area contributed by atoms with E-state index < -0.39 is 0 Å². The molecule has 0 fully saturated rings. The minimum absolute atomic E-state index is 0.116. The number of nitrogens with zero attached hydrogens (tertiary/aromatic N) is 4. The maximum absolute atomic E-state index is 14.6. The van der Waals surface area contributed by atoms with Crippen molar-refractivity contribution >= 4 is 27.6 Å². The van der Waals surface area contributed by atoms with Gasteiger partial charge in [0.15, 0.2) is 18.1 Å². The van der Waals surface area contributed by atoms with E-state index in [1.807, 2.05) is 24.1 Å². The van der Waals surface area contributed by atoms with Crippen molar-refractivity contribution in [3.8, 4) is 28.8 Å². The fraction of sp³-hybridized carbons (Fsp3) is 0.208. The van der Waals surface area contributed by atoms with Gasteiger partial charge in [0, 0.05) is 24.5 Å². The van der Waals surface area contributed by atoms with Gasteiger partial charge in [0.05, 0.1) is 29.4 Å². The van der Waals surface area contributed by atoms with Gasteiger partial charge in [-0.1, -0.05) is 6.08 Å². The molecular weight excluding hydrogens is 409 g/mol. The summed E-state index contributed by atoms with van der Waals surface area (Å²) in [7, 11) is 3.41. The number of benzene rings is 2. The van der Waals surface area contributed by atoms with Crippen LogP contribution >= 0.6 is 0 Å². The van der Waals surface area contributed by atoms with E-state index in [-0.39, 0.29) is 12.4 Å². The number of nitrogens with one attached hydrogen (secondary N) is 1. The van der Waals surface area contributed by atoms with Gasteiger partial charge < -0.3 is 19.4 Å². The number of aromatic amines is 1. The highest BCUT2D eigenvalue weighted by molar-refractivity contribution is 6.15. The van der Waals surface area contributed by atoms with Crippen molar-refractivity contribution < 1.29 is 13.9 Å². The topological polar surface area (TPSA) is 87.1 Å². The number of hydrogen-bond donors (Lipinski definition) is 1. The molecule has 0 spiro atoms. The fourth-order valence-electron chi connectivity index (χ4n) is 3.81. The highest BCUT2D eigenvalue weighted by atomic mass is 19.1. The summed E-state index contributed by atoms with van der Waals surface area (Å²) in [5.41, 5.74) is 3.44. The molecule has 4 aromatic rings. The lowest BCUT2D eigenvalue weighted by Crippen LogP contribution is -2.17. The van der Waals surface area contributed by atoms with Crippen molar-refractivity contribution in [1.82, 2.24) is 15.0 Å². The number of aromatic nitrogens is 3. The van der Waals surface area contributed by atoms with E-state index in [1.54, 1.807) is 25.1 Å².